The third-order valence-electron chi connectivity index (χ3n) is 3.29. The lowest BCUT2D eigenvalue weighted by Crippen LogP contribution is -2.13. The smallest absolute Gasteiger partial charge is 0.294 e. The molecule has 0 atom stereocenters. The highest BCUT2D eigenvalue weighted by Crippen LogP contribution is 2.25. The van der Waals surface area contributed by atoms with E-state index >= 15 is 0 Å². The molecule has 0 amide bonds. The molecule has 0 saturated carbocycles. The number of sulfonamides is 1. The molecular weight excluding hydrogens is 324 g/mol. The predicted molar refractivity (Wildman–Crippen MR) is 87.3 cm³/mol. The van der Waals surface area contributed by atoms with Crippen molar-refractivity contribution < 1.29 is 8.42 Å². The first-order valence-corrected chi connectivity index (χ1v) is 9.44. The Morgan fingerprint density at radius 3 is 2.48 bits per heavy atom. The van der Waals surface area contributed by atoms with Crippen LogP contribution in [0, 0.1) is 13.8 Å². The van der Waals surface area contributed by atoms with Gasteiger partial charge in [-0.2, -0.15) is 8.42 Å². The largest absolute Gasteiger partial charge is 0.319 e. The SMILES string of the molecule is Cc1ccc(C)c2c1s/c(=N\S(=O)(=O)c1cccs1)n2C. The second kappa shape index (κ2) is 5.08. The summed E-state index contributed by atoms with van der Waals surface area (Å²) in [7, 11) is -1.78. The molecule has 4 nitrogen and oxygen atoms in total. The van der Waals surface area contributed by atoms with Crippen molar-refractivity contribution in [1.29, 1.82) is 0 Å². The number of thiazole rings is 1. The summed E-state index contributed by atoms with van der Waals surface area (Å²) in [6.07, 6.45) is 0. The minimum atomic E-state index is -3.63. The Labute approximate surface area is 131 Å². The van der Waals surface area contributed by atoms with Gasteiger partial charge in [-0.15, -0.1) is 15.7 Å². The number of fused-ring (bicyclic) bond motifs is 1. The lowest BCUT2D eigenvalue weighted by molar-refractivity contribution is 0.598. The van der Waals surface area contributed by atoms with Crippen LogP contribution in [0.1, 0.15) is 11.1 Å². The fourth-order valence-electron chi connectivity index (χ4n) is 2.21. The van der Waals surface area contributed by atoms with E-state index in [0.29, 0.717) is 4.80 Å². The number of rotatable bonds is 2. The molecule has 0 radical (unpaired) electrons. The van der Waals surface area contributed by atoms with Gasteiger partial charge in [0.2, 0.25) is 4.80 Å². The van der Waals surface area contributed by atoms with Gasteiger partial charge in [-0.25, -0.2) is 0 Å². The third kappa shape index (κ3) is 2.45. The predicted octanol–water partition coefficient (Wildman–Crippen LogP) is 3.21. The first-order valence-electron chi connectivity index (χ1n) is 6.30. The minimum Gasteiger partial charge on any atom is -0.319 e. The molecule has 110 valence electrons. The van der Waals surface area contributed by atoms with Crippen molar-refractivity contribution in [3.8, 4) is 0 Å². The number of hydrogen-bond acceptors (Lipinski definition) is 4. The second-order valence-electron chi connectivity index (χ2n) is 4.82. The van der Waals surface area contributed by atoms with E-state index in [0.717, 1.165) is 21.3 Å². The molecule has 0 N–H and O–H groups in total. The van der Waals surface area contributed by atoms with Crippen LogP contribution in [0.25, 0.3) is 10.2 Å². The van der Waals surface area contributed by atoms with Crippen molar-refractivity contribution in [2.75, 3.05) is 0 Å². The Balaban J connectivity index is 2.32. The molecule has 0 saturated heterocycles. The van der Waals surface area contributed by atoms with E-state index in [1.165, 1.54) is 22.7 Å². The highest BCUT2D eigenvalue weighted by Gasteiger charge is 2.15. The number of aromatic nitrogens is 1. The third-order valence-corrected chi connectivity index (χ3v) is 7.32. The molecule has 0 unspecified atom stereocenters. The molecular formula is C14H14N2O2S3. The first kappa shape index (κ1) is 14.5. The number of aryl methyl sites for hydroxylation is 3. The van der Waals surface area contributed by atoms with E-state index in [4.69, 9.17) is 0 Å². The first-order chi connectivity index (χ1) is 9.90. The maximum absolute atomic E-state index is 12.3. The van der Waals surface area contributed by atoms with E-state index in [9.17, 15) is 8.42 Å². The van der Waals surface area contributed by atoms with Gasteiger partial charge in [0.15, 0.2) is 0 Å². The Morgan fingerprint density at radius 2 is 1.86 bits per heavy atom. The number of hydrogen-bond donors (Lipinski definition) is 0. The van der Waals surface area contributed by atoms with Crippen LogP contribution in [-0.4, -0.2) is 13.0 Å². The van der Waals surface area contributed by atoms with E-state index in [2.05, 4.69) is 4.40 Å². The fourth-order valence-corrected chi connectivity index (χ4v) is 5.57. The molecule has 7 heteroatoms. The Hall–Kier alpha value is -1.44. The highest BCUT2D eigenvalue weighted by molar-refractivity contribution is 7.92. The fraction of sp³-hybridized carbons (Fsp3) is 0.214. The van der Waals surface area contributed by atoms with Crippen molar-refractivity contribution in [2.24, 2.45) is 11.4 Å². The molecule has 0 aliphatic rings. The van der Waals surface area contributed by atoms with Gasteiger partial charge in [0.25, 0.3) is 10.0 Å². The van der Waals surface area contributed by atoms with Crippen LogP contribution in [-0.2, 0) is 17.1 Å². The molecule has 0 bridgehead atoms. The van der Waals surface area contributed by atoms with Crippen molar-refractivity contribution >= 4 is 42.9 Å². The average molecular weight is 338 g/mol. The highest BCUT2D eigenvalue weighted by atomic mass is 32.2. The molecule has 0 spiro atoms. The number of benzene rings is 1. The Bertz CT molecular complexity index is 977. The maximum atomic E-state index is 12.3. The van der Waals surface area contributed by atoms with Crippen LogP contribution in [0.3, 0.4) is 0 Å². The Kier molecular flexibility index (Phi) is 3.51. The van der Waals surface area contributed by atoms with Crippen LogP contribution in [0.4, 0.5) is 0 Å². The van der Waals surface area contributed by atoms with Gasteiger partial charge in [0, 0.05) is 7.05 Å². The summed E-state index contributed by atoms with van der Waals surface area (Å²) in [5, 5.41) is 1.74. The van der Waals surface area contributed by atoms with Gasteiger partial charge in [0.05, 0.1) is 10.2 Å². The summed E-state index contributed by atoms with van der Waals surface area (Å²) in [6.45, 7) is 4.04. The number of nitrogens with zero attached hydrogens (tertiary/aromatic N) is 2. The number of thiophene rings is 1. The molecule has 1 aromatic carbocycles. The molecule has 3 rings (SSSR count). The summed E-state index contributed by atoms with van der Waals surface area (Å²) < 4.78 is 31.8. The molecule has 0 fully saturated rings. The van der Waals surface area contributed by atoms with E-state index in [1.54, 1.807) is 17.5 Å². The second-order valence-corrected chi connectivity index (χ2v) is 8.58. The Morgan fingerprint density at radius 1 is 1.14 bits per heavy atom. The normalized spacial score (nSPS) is 13.2. The molecule has 3 aromatic rings. The minimum absolute atomic E-state index is 0.272. The summed E-state index contributed by atoms with van der Waals surface area (Å²) in [4.78, 5) is 0.496. The zero-order valence-corrected chi connectivity index (χ0v) is 14.3. The van der Waals surface area contributed by atoms with Crippen molar-refractivity contribution in [3.05, 3.63) is 45.6 Å². The van der Waals surface area contributed by atoms with Crippen molar-refractivity contribution in [3.63, 3.8) is 0 Å². The molecule has 2 heterocycles. The van der Waals surface area contributed by atoms with Gasteiger partial charge < -0.3 is 4.57 Å². The van der Waals surface area contributed by atoms with Crippen molar-refractivity contribution in [1.82, 2.24) is 4.57 Å². The van der Waals surface area contributed by atoms with Gasteiger partial charge in [0.1, 0.15) is 4.21 Å². The average Bonchev–Trinajstić information content (AvgIpc) is 3.04. The standard InChI is InChI=1S/C14H14N2O2S3/c1-9-6-7-10(2)13-12(9)16(3)14(20-13)15-21(17,18)11-5-4-8-19-11/h4-8H,1-3H3/b15-14-. The van der Waals surface area contributed by atoms with E-state index < -0.39 is 10.0 Å². The monoisotopic (exact) mass is 338 g/mol. The zero-order chi connectivity index (χ0) is 15.2. The summed E-state index contributed by atoms with van der Waals surface area (Å²) in [6, 6.07) is 7.38. The van der Waals surface area contributed by atoms with Crippen LogP contribution in [0.5, 0.6) is 0 Å². The van der Waals surface area contributed by atoms with Crippen LogP contribution in [0.15, 0.2) is 38.3 Å². The van der Waals surface area contributed by atoms with Crippen molar-refractivity contribution in [2.45, 2.75) is 18.1 Å². The van der Waals surface area contributed by atoms with Gasteiger partial charge in [-0.3, -0.25) is 0 Å². The van der Waals surface area contributed by atoms with Crippen LogP contribution >= 0.6 is 22.7 Å². The van der Waals surface area contributed by atoms with Gasteiger partial charge in [-0.1, -0.05) is 29.5 Å². The summed E-state index contributed by atoms with van der Waals surface area (Å²) in [5.74, 6) is 0. The summed E-state index contributed by atoms with van der Waals surface area (Å²) >= 11 is 2.59. The molecule has 0 aliphatic heterocycles. The van der Waals surface area contributed by atoms with E-state index in [1.807, 2.05) is 37.6 Å². The molecule has 21 heavy (non-hydrogen) atoms. The lowest BCUT2D eigenvalue weighted by Gasteiger charge is -2.01. The van der Waals surface area contributed by atoms with Gasteiger partial charge in [-0.05, 0) is 36.4 Å². The molecule has 2 aromatic heterocycles. The van der Waals surface area contributed by atoms with E-state index in [-0.39, 0.29) is 4.21 Å². The summed E-state index contributed by atoms with van der Waals surface area (Å²) in [5.41, 5.74) is 3.29. The quantitative estimate of drug-likeness (QED) is 0.720. The maximum Gasteiger partial charge on any atom is 0.294 e. The van der Waals surface area contributed by atoms with Crippen LogP contribution in [0.2, 0.25) is 0 Å². The van der Waals surface area contributed by atoms with Gasteiger partial charge >= 0.3 is 0 Å². The zero-order valence-electron chi connectivity index (χ0n) is 11.8. The topological polar surface area (TPSA) is 51.4 Å². The van der Waals surface area contributed by atoms with Crippen LogP contribution < -0.4 is 4.80 Å². The molecule has 0 aliphatic carbocycles. The lowest BCUT2D eigenvalue weighted by atomic mass is 10.1.